The number of hydrogen-bond acceptors (Lipinski definition) is 5. The van der Waals surface area contributed by atoms with Crippen molar-refractivity contribution in [3.63, 3.8) is 0 Å². The van der Waals surface area contributed by atoms with E-state index in [1.807, 2.05) is 0 Å². The number of nitriles is 1. The number of allylic oxidation sites excluding steroid dienone is 1. The first kappa shape index (κ1) is 15.6. The summed E-state index contributed by atoms with van der Waals surface area (Å²) in [4.78, 5) is 21.8. The van der Waals surface area contributed by atoms with Gasteiger partial charge in [0.25, 0.3) is 5.56 Å². The lowest BCUT2D eigenvalue weighted by Gasteiger charge is -2.09. The molecule has 2 N–H and O–H groups in total. The third-order valence-electron chi connectivity index (χ3n) is 4.38. The Morgan fingerprint density at radius 1 is 1.36 bits per heavy atom. The van der Waals surface area contributed by atoms with Crippen LogP contribution in [0, 0.1) is 11.3 Å². The monoisotopic (exact) mass is 349 g/mol. The SMILES string of the molecule is N#C/C(=C\c1cccc(O)c1)c1nc2sc3c(c2c(=O)[nH]1)CCCC3. The van der Waals surface area contributed by atoms with Gasteiger partial charge in [-0.1, -0.05) is 12.1 Å². The second-order valence-electron chi connectivity index (χ2n) is 6.07. The van der Waals surface area contributed by atoms with Gasteiger partial charge in [0.05, 0.1) is 11.0 Å². The molecular formula is C19H15N3O2S. The Morgan fingerprint density at radius 3 is 3.00 bits per heavy atom. The van der Waals surface area contributed by atoms with E-state index in [9.17, 15) is 15.2 Å². The molecule has 0 unspecified atom stereocenters. The molecule has 0 saturated heterocycles. The molecule has 0 spiro atoms. The maximum atomic E-state index is 12.6. The summed E-state index contributed by atoms with van der Waals surface area (Å²) in [5.41, 5.74) is 1.87. The van der Waals surface area contributed by atoms with Crippen LogP contribution in [0.15, 0.2) is 29.1 Å². The van der Waals surface area contributed by atoms with Gasteiger partial charge >= 0.3 is 0 Å². The van der Waals surface area contributed by atoms with E-state index in [1.165, 1.54) is 4.88 Å². The summed E-state index contributed by atoms with van der Waals surface area (Å²) in [6.07, 6.45) is 5.77. The van der Waals surface area contributed by atoms with Crippen molar-refractivity contribution >= 4 is 33.2 Å². The van der Waals surface area contributed by atoms with Gasteiger partial charge in [0.1, 0.15) is 16.6 Å². The van der Waals surface area contributed by atoms with Crippen molar-refractivity contribution in [3.05, 3.63) is 56.4 Å². The van der Waals surface area contributed by atoms with Crippen molar-refractivity contribution in [2.45, 2.75) is 25.7 Å². The number of phenols is 1. The number of phenolic OH excluding ortho intramolecular Hbond substituents is 1. The molecule has 3 aromatic rings. The van der Waals surface area contributed by atoms with Crippen molar-refractivity contribution in [2.75, 3.05) is 0 Å². The minimum Gasteiger partial charge on any atom is -0.508 e. The van der Waals surface area contributed by atoms with Crippen LogP contribution in [-0.2, 0) is 12.8 Å². The minimum absolute atomic E-state index is 0.119. The molecule has 2 aromatic heterocycles. The van der Waals surface area contributed by atoms with Crippen LogP contribution in [0.3, 0.4) is 0 Å². The Bertz CT molecular complexity index is 1100. The lowest BCUT2D eigenvalue weighted by atomic mass is 9.97. The summed E-state index contributed by atoms with van der Waals surface area (Å²) in [5, 5.41) is 19.7. The number of benzene rings is 1. The molecule has 5 nitrogen and oxygen atoms in total. The summed E-state index contributed by atoms with van der Waals surface area (Å²) < 4.78 is 0. The number of thiophene rings is 1. The molecule has 0 radical (unpaired) electrons. The first-order chi connectivity index (χ1) is 12.2. The standard InChI is InChI=1S/C19H15N3O2S/c20-10-12(8-11-4-3-5-13(23)9-11)17-21-18(24)16-14-6-1-2-7-15(14)25-19(16)22-17/h3-5,8-9,23H,1-2,6-7H2,(H,21,22,24)/b12-8+. The van der Waals surface area contributed by atoms with Gasteiger partial charge < -0.3 is 10.1 Å². The lowest BCUT2D eigenvalue weighted by Crippen LogP contribution is -2.12. The molecular weight excluding hydrogens is 334 g/mol. The van der Waals surface area contributed by atoms with Crippen molar-refractivity contribution in [1.29, 1.82) is 5.26 Å². The van der Waals surface area contributed by atoms with E-state index in [0.29, 0.717) is 15.8 Å². The fourth-order valence-electron chi connectivity index (χ4n) is 3.23. The van der Waals surface area contributed by atoms with E-state index in [-0.39, 0.29) is 22.7 Å². The van der Waals surface area contributed by atoms with E-state index >= 15 is 0 Å². The quantitative estimate of drug-likeness (QED) is 0.691. The summed E-state index contributed by atoms with van der Waals surface area (Å²) in [7, 11) is 0. The fraction of sp³-hybridized carbons (Fsp3) is 0.211. The number of aromatic hydroxyl groups is 1. The van der Waals surface area contributed by atoms with Gasteiger partial charge in [-0.15, -0.1) is 11.3 Å². The maximum Gasteiger partial charge on any atom is 0.260 e. The van der Waals surface area contributed by atoms with Crippen molar-refractivity contribution in [3.8, 4) is 11.8 Å². The highest BCUT2D eigenvalue weighted by molar-refractivity contribution is 7.18. The van der Waals surface area contributed by atoms with Crippen LogP contribution in [0.25, 0.3) is 21.9 Å². The number of nitrogens with zero attached hydrogens (tertiary/aromatic N) is 2. The molecule has 6 heteroatoms. The number of aromatic nitrogens is 2. The van der Waals surface area contributed by atoms with Crippen molar-refractivity contribution in [2.24, 2.45) is 0 Å². The summed E-state index contributed by atoms with van der Waals surface area (Å²) >= 11 is 1.56. The number of rotatable bonds is 2. The van der Waals surface area contributed by atoms with E-state index in [4.69, 9.17) is 0 Å². The lowest BCUT2D eigenvalue weighted by molar-refractivity contribution is 0.475. The van der Waals surface area contributed by atoms with Crippen LogP contribution in [0.2, 0.25) is 0 Å². The summed E-state index contributed by atoms with van der Waals surface area (Å²) in [6, 6.07) is 8.68. The Labute approximate surface area is 147 Å². The fourth-order valence-corrected chi connectivity index (χ4v) is 4.49. The zero-order valence-electron chi connectivity index (χ0n) is 13.4. The third kappa shape index (κ3) is 2.83. The van der Waals surface area contributed by atoms with Crippen LogP contribution in [0.1, 0.15) is 34.7 Å². The molecule has 1 aliphatic rings. The van der Waals surface area contributed by atoms with Gasteiger partial charge in [0.2, 0.25) is 0 Å². The molecule has 0 aliphatic heterocycles. The van der Waals surface area contributed by atoms with E-state index in [1.54, 1.807) is 41.7 Å². The van der Waals surface area contributed by atoms with Gasteiger partial charge in [-0.3, -0.25) is 4.79 Å². The van der Waals surface area contributed by atoms with Crippen LogP contribution in [0.4, 0.5) is 0 Å². The predicted molar refractivity (Wildman–Crippen MR) is 98.5 cm³/mol. The third-order valence-corrected chi connectivity index (χ3v) is 5.57. The number of nitrogens with one attached hydrogen (secondary N) is 1. The molecule has 1 aromatic carbocycles. The topological polar surface area (TPSA) is 89.8 Å². The predicted octanol–water partition coefficient (Wildman–Crippen LogP) is 3.63. The summed E-state index contributed by atoms with van der Waals surface area (Å²) in [5.74, 6) is 0.385. The number of aromatic amines is 1. The van der Waals surface area contributed by atoms with Crippen LogP contribution in [-0.4, -0.2) is 15.1 Å². The van der Waals surface area contributed by atoms with Crippen LogP contribution < -0.4 is 5.56 Å². The second-order valence-corrected chi connectivity index (χ2v) is 7.15. The molecule has 2 heterocycles. The number of H-pyrrole nitrogens is 1. The van der Waals surface area contributed by atoms with Gasteiger partial charge in [0.15, 0.2) is 5.82 Å². The Morgan fingerprint density at radius 2 is 2.20 bits per heavy atom. The Kier molecular flexibility index (Phi) is 3.86. The Balaban J connectivity index is 1.86. The van der Waals surface area contributed by atoms with E-state index in [2.05, 4.69) is 16.0 Å². The van der Waals surface area contributed by atoms with E-state index in [0.717, 1.165) is 31.2 Å². The first-order valence-corrected chi connectivity index (χ1v) is 8.93. The van der Waals surface area contributed by atoms with Gasteiger partial charge in [0, 0.05) is 4.88 Å². The average molecular weight is 349 g/mol. The van der Waals surface area contributed by atoms with Crippen molar-refractivity contribution < 1.29 is 5.11 Å². The Hall–Kier alpha value is -2.91. The van der Waals surface area contributed by atoms with E-state index < -0.39 is 0 Å². The van der Waals surface area contributed by atoms with Gasteiger partial charge in [-0.2, -0.15) is 5.26 Å². The minimum atomic E-state index is -0.184. The molecule has 4 rings (SSSR count). The maximum absolute atomic E-state index is 12.6. The van der Waals surface area contributed by atoms with Gasteiger partial charge in [-0.25, -0.2) is 4.98 Å². The van der Waals surface area contributed by atoms with Crippen molar-refractivity contribution in [1.82, 2.24) is 9.97 Å². The molecule has 0 saturated carbocycles. The number of fused-ring (bicyclic) bond motifs is 3. The highest BCUT2D eigenvalue weighted by Crippen LogP contribution is 2.34. The molecule has 0 atom stereocenters. The highest BCUT2D eigenvalue weighted by Gasteiger charge is 2.20. The van der Waals surface area contributed by atoms with Gasteiger partial charge in [-0.05, 0) is 55.0 Å². The second kappa shape index (κ2) is 6.19. The average Bonchev–Trinajstić information content (AvgIpc) is 2.98. The molecule has 0 amide bonds. The normalized spacial score (nSPS) is 14.3. The molecule has 1 aliphatic carbocycles. The number of hydrogen-bond donors (Lipinski definition) is 2. The molecule has 25 heavy (non-hydrogen) atoms. The van der Waals surface area contributed by atoms with Crippen LogP contribution in [0.5, 0.6) is 5.75 Å². The molecule has 0 bridgehead atoms. The van der Waals surface area contributed by atoms with Crippen LogP contribution >= 0.6 is 11.3 Å². The zero-order chi connectivity index (χ0) is 17.4. The smallest absolute Gasteiger partial charge is 0.260 e. The molecule has 0 fully saturated rings. The first-order valence-electron chi connectivity index (χ1n) is 8.11. The highest BCUT2D eigenvalue weighted by atomic mass is 32.1. The summed E-state index contributed by atoms with van der Waals surface area (Å²) in [6.45, 7) is 0. The largest absolute Gasteiger partial charge is 0.508 e. The molecule has 124 valence electrons. The number of aryl methyl sites for hydroxylation is 2. The zero-order valence-corrected chi connectivity index (χ0v) is 14.2.